The number of hydrogen-bond acceptors (Lipinski definition) is 8. The minimum Gasteiger partial charge on any atom is -0.453 e. The molecule has 1 aliphatic carbocycles. The van der Waals surface area contributed by atoms with Gasteiger partial charge in [0.05, 0.1) is 16.9 Å². The zero-order valence-electron chi connectivity index (χ0n) is 30.6. The summed E-state index contributed by atoms with van der Waals surface area (Å²) in [6.45, 7) is 7.78. The molecule has 7 rings (SSSR count). The highest BCUT2D eigenvalue weighted by molar-refractivity contribution is 7.91. The Morgan fingerprint density at radius 3 is 2.19 bits per heavy atom. The molecule has 3 N–H and O–H groups in total. The van der Waals surface area contributed by atoms with Crippen LogP contribution < -0.4 is 16.0 Å². The minimum absolute atomic E-state index is 0.0153. The third-order valence-electron chi connectivity index (χ3n) is 12.5. The van der Waals surface area contributed by atoms with Gasteiger partial charge in [-0.15, -0.1) is 0 Å². The van der Waals surface area contributed by atoms with Crippen LogP contribution in [0.15, 0.2) is 82.6 Å². The summed E-state index contributed by atoms with van der Waals surface area (Å²) in [7, 11) is -2.31. The van der Waals surface area contributed by atoms with Crippen molar-refractivity contribution in [2.45, 2.75) is 66.2 Å². The molecule has 3 heterocycles. The Balaban J connectivity index is 1.01. The van der Waals surface area contributed by atoms with Gasteiger partial charge in [0.1, 0.15) is 5.82 Å². The zero-order chi connectivity index (χ0) is 37.2. The van der Waals surface area contributed by atoms with E-state index in [9.17, 15) is 18.0 Å². The lowest BCUT2D eigenvalue weighted by molar-refractivity contribution is 0.0235. The molecule has 0 spiro atoms. The van der Waals surface area contributed by atoms with Gasteiger partial charge in [-0.2, -0.15) is 0 Å². The number of amides is 2. The Hall–Kier alpha value is -4.00. The molecular formula is C41H52FN5O5S. The number of nitrogens with two attached hydrogens (primary N) is 1. The first-order valence-electron chi connectivity index (χ1n) is 19.1. The highest BCUT2D eigenvalue weighted by atomic mass is 32.2. The first kappa shape index (κ1) is 37.3. The van der Waals surface area contributed by atoms with Crippen LogP contribution >= 0.6 is 0 Å². The van der Waals surface area contributed by atoms with Crippen molar-refractivity contribution < 1.29 is 27.1 Å². The third kappa shape index (κ3) is 7.82. The van der Waals surface area contributed by atoms with Crippen molar-refractivity contribution in [1.29, 1.82) is 0 Å². The number of hydrogen-bond donors (Lipinski definition) is 2. The van der Waals surface area contributed by atoms with Gasteiger partial charge in [-0.1, -0.05) is 18.6 Å². The second kappa shape index (κ2) is 15.8. The fraction of sp³-hybridized carbons (Fsp3) is 0.512. The van der Waals surface area contributed by atoms with Gasteiger partial charge in [0.15, 0.2) is 0 Å². The van der Waals surface area contributed by atoms with Crippen LogP contribution in [0.3, 0.4) is 0 Å². The van der Waals surface area contributed by atoms with Crippen molar-refractivity contribution in [1.82, 2.24) is 15.1 Å². The predicted molar refractivity (Wildman–Crippen MR) is 202 cm³/mol. The van der Waals surface area contributed by atoms with Gasteiger partial charge in [0, 0.05) is 48.9 Å². The van der Waals surface area contributed by atoms with Crippen molar-refractivity contribution >= 4 is 27.5 Å². The number of piperidine rings is 1. The van der Waals surface area contributed by atoms with Crippen molar-refractivity contribution in [3.63, 3.8) is 0 Å². The van der Waals surface area contributed by atoms with Gasteiger partial charge >= 0.3 is 6.09 Å². The maximum Gasteiger partial charge on any atom is 0.407 e. The molecule has 0 radical (unpaired) electrons. The van der Waals surface area contributed by atoms with Crippen LogP contribution in [-0.4, -0.2) is 95.7 Å². The number of primary amides is 1. The summed E-state index contributed by atoms with van der Waals surface area (Å²) in [6.07, 6.45) is 6.81. The molecule has 4 fully saturated rings. The largest absolute Gasteiger partial charge is 0.453 e. The molecule has 4 atom stereocenters. The van der Waals surface area contributed by atoms with Crippen LogP contribution in [0.1, 0.15) is 60.9 Å². The summed E-state index contributed by atoms with van der Waals surface area (Å²) in [4.78, 5) is 31.7. The second-order valence-electron chi connectivity index (χ2n) is 15.5. The molecule has 53 heavy (non-hydrogen) atoms. The maximum absolute atomic E-state index is 15.0. The summed E-state index contributed by atoms with van der Waals surface area (Å²) in [5.41, 5.74) is 7.36. The fourth-order valence-electron chi connectivity index (χ4n) is 9.72. The number of ether oxygens (including phenoxy) is 1. The SMILES string of the molecule is COC(=O)N[C@H]1CCC[C@@H]1[C@](CN1CCC1)(c1cccc(F)c1)C1CCN(C[C@@H]2CCN(c3ccc(S(=O)(=O)c4ccc(C(N)=O)cc4)cc3)C2)CC1. The lowest BCUT2D eigenvalue weighted by atomic mass is 9.57. The molecule has 2 amide bonds. The lowest BCUT2D eigenvalue weighted by Crippen LogP contribution is -2.59. The van der Waals surface area contributed by atoms with Crippen LogP contribution in [0.2, 0.25) is 0 Å². The van der Waals surface area contributed by atoms with Crippen LogP contribution in [0.4, 0.5) is 14.9 Å². The number of nitrogens with zero attached hydrogens (tertiary/aromatic N) is 3. The van der Waals surface area contributed by atoms with E-state index in [1.54, 1.807) is 18.2 Å². The number of halogens is 1. The summed E-state index contributed by atoms with van der Waals surface area (Å²) < 4.78 is 46.5. The van der Waals surface area contributed by atoms with E-state index in [4.69, 9.17) is 10.5 Å². The molecule has 3 aliphatic heterocycles. The number of likely N-dealkylation sites (tertiary alicyclic amines) is 2. The van der Waals surface area contributed by atoms with Gasteiger partial charge in [0.2, 0.25) is 15.7 Å². The third-order valence-corrected chi connectivity index (χ3v) is 14.3. The number of alkyl carbamates (subject to hydrolysis) is 1. The van der Waals surface area contributed by atoms with E-state index in [1.807, 2.05) is 18.2 Å². The molecule has 4 aliphatic rings. The average molecular weight is 746 g/mol. The van der Waals surface area contributed by atoms with Gasteiger partial charge in [0.25, 0.3) is 0 Å². The predicted octanol–water partition coefficient (Wildman–Crippen LogP) is 5.46. The summed E-state index contributed by atoms with van der Waals surface area (Å²) >= 11 is 0. The van der Waals surface area contributed by atoms with E-state index < -0.39 is 21.8 Å². The molecule has 3 aromatic rings. The number of carbonyl (C=O) groups is 2. The summed E-state index contributed by atoms with van der Waals surface area (Å²) in [5, 5.41) is 3.18. The first-order chi connectivity index (χ1) is 25.6. The van der Waals surface area contributed by atoms with E-state index in [2.05, 4.69) is 26.1 Å². The highest BCUT2D eigenvalue weighted by Gasteiger charge is 2.53. The Kier molecular flexibility index (Phi) is 11.1. The number of rotatable bonds is 12. The number of sulfone groups is 1. The van der Waals surface area contributed by atoms with Crippen LogP contribution in [0.25, 0.3) is 0 Å². The first-order valence-corrected chi connectivity index (χ1v) is 20.6. The van der Waals surface area contributed by atoms with Crippen LogP contribution in [0.5, 0.6) is 0 Å². The van der Waals surface area contributed by atoms with Crippen molar-refractivity contribution in [2.24, 2.45) is 23.5 Å². The topological polar surface area (TPSA) is 125 Å². The Labute approximate surface area is 312 Å². The number of methoxy groups -OCH3 is 1. The number of carbonyl (C=O) groups excluding carboxylic acids is 2. The number of anilines is 1. The smallest absolute Gasteiger partial charge is 0.407 e. The van der Waals surface area contributed by atoms with Crippen molar-refractivity contribution in [3.05, 3.63) is 89.7 Å². The number of benzene rings is 3. The normalized spacial score (nSPS) is 24.0. The lowest BCUT2D eigenvalue weighted by Gasteiger charge is -2.53. The minimum atomic E-state index is -3.73. The molecule has 12 heteroatoms. The summed E-state index contributed by atoms with van der Waals surface area (Å²) in [5.74, 6) is 0.226. The number of nitrogens with one attached hydrogen (secondary N) is 1. The Bertz CT molecular complexity index is 1860. The fourth-order valence-corrected chi connectivity index (χ4v) is 11.0. The van der Waals surface area contributed by atoms with Gasteiger partial charge < -0.3 is 30.5 Å². The van der Waals surface area contributed by atoms with Crippen LogP contribution in [-0.2, 0) is 20.0 Å². The van der Waals surface area contributed by atoms with Gasteiger partial charge in [-0.25, -0.2) is 17.6 Å². The zero-order valence-corrected chi connectivity index (χ0v) is 31.4. The highest BCUT2D eigenvalue weighted by Crippen LogP contribution is 2.51. The molecule has 10 nitrogen and oxygen atoms in total. The average Bonchev–Trinajstić information content (AvgIpc) is 3.82. The monoisotopic (exact) mass is 745 g/mol. The quantitative estimate of drug-likeness (QED) is 0.251. The standard InChI is InChI=1S/C41H52FN5O5S/c1-52-40(49)44-38-8-3-7-37(38)41(28-46-20-4-21-46,32-5-2-6-33(42)25-32)31-18-22-45(23-19-31)26-29-17-24-47(27-29)34-11-15-36(16-12-34)53(50,51)35-13-9-30(10-14-35)39(43)48/h2,5-6,9-16,25,29,31,37-38H,3-4,7-8,17-24,26-28H2,1H3,(H2,43,48)(H,44,49)/t29-,37-,38-,41-/m0/s1. The molecule has 0 aromatic heterocycles. The van der Waals surface area contributed by atoms with E-state index in [1.165, 1.54) is 43.9 Å². The molecule has 3 aromatic carbocycles. The Morgan fingerprint density at radius 1 is 0.868 bits per heavy atom. The molecular weight excluding hydrogens is 694 g/mol. The van der Waals surface area contributed by atoms with Crippen LogP contribution in [0, 0.1) is 23.6 Å². The summed E-state index contributed by atoms with van der Waals surface area (Å²) in [6, 6.07) is 20.0. The molecule has 3 saturated heterocycles. The molecule has 1 saturated carbocycles. The van der Waals surface area contributed by atoms with Crippen molar-refractivity contribution in [3.8, 4) is 0 Å². The van der Waals surface area contributed by atoms with Crippen molar-refractivity contribution in [2.75, 3.05) is 64.4 Å². The molecule has 0 bridgehead atoms. The van der Waals surface area contributed by atoms with E-state index in [0.717, 1.165) is 102 Å². The second-order valence-corrected chi connectivity index (χ2v) is 17.5. The van der Waals surface area contributed by atoms with E-state index in [0.29, 0.717) is 11.8 Å². The van der Waals surface area contributed by atoms with Gasteiger partial charge in [-0.05, 0) is 149 Å². The van der Waals surface area contributed by atoms with E-state index in [-0.39, 0.29) is 38.5 Å². The van der Waals surface area contributed by atoms with Gasteiger partial charge in [-0.3, -0.25) is 4.79 Å². The maximum atomic E-state index is 15.0. The van der Waals surface area contributed by atoms with E-state index >= 15 is 4.39 Å². The molecule has 284 valence electrons. The molecule has 0 unspecified atom stereocenters. The Morgan fingerprint density at radius 2 is 1.57 bits per heavy atom.